The molecule has 0 fully saturated rings. The zero-order chi connectivity index (χ0) is 27.5. The number of carbonyl (C=O) groups is 2. The summed E-state index contributed by atoms with van der Waals surface area (Å²) in [5.74, 6) is 0.205. The first kappa shape index (κ1) is 26.8. The normalized spacial score (nSPS) is 19.5. The molecule has 5 rings (SSSR count). The third kappa shape index (κ3) is 5.79. The maximum absolute atomic E-state index is 12.3. The number of methoxy groups -OCH3 is 1. The van der Waals surface area contributed by atoms with E-state index in [2.05, 4.69) is 40.1 Å². The Labute approximate surface area is 236 Å². The third-order valence-electron chi connectivity index (χ3n) is 7.07. The Morgan fingerprint density at radius 3 is 2.56 bits per heavy atom. The number of benzene rings is 3. The molecule has 3 atom stereocenters. The molecule has 9 heteroatoms. The first-order valence-corrected chi connectivity index (χ1v) is 13.3. The summed E-state index contributed by atoms with van der Waals surface area (Å²) in [6.45, 7) is 1.62. The summed E-state index contributed by atoms with van der Waals surface area (Å²) >= 11 is 12.0. The molecule has 2 N–H and O–H groups in total. The van der Waals surface area contributed by atoms with Crippen molar-refractivity contribution >= 4 is 46.5 Å². The van der Waals surface area contributed by atoms with Crippen molar-refractivity contribution in [2.45, 2.75) is 25.3 Å². The van der Waals surface area contributed by atoms with Crippen molar-refractivity contribution in [1.82, 2.24) is 5.43 Å². The molecule has 0 unspecified atom stereocenters. The van der Waals surface area contributed by atoms with Crippen LogP contribution in [0.1, 0.15) is 52.4 Å². The van der Waals surface area contributed by atoms with Gasteiger partial charge in [0.2, 0.25) is 0 Å². The zero-order valence-electron chi connectivity index (χ0n) is 21.4. The standard InChI is InChI=1S/C30H27Cl2N3O4/c1-17(34-35-28(36)16-39-27-13-11-21(31)15-25(27)32)20-10-12-26-24(14-20)22-4-3-5-23(22)29(33-26)18-6-8-19(9-7-18)30(37)38-2/h3-4,6-15,22-23,29,33H,5,16H2,1-2H3,(H,35,36)/b34-17-/t22-,23+,29+/m1/s1. The van der Waals surface area contributed by atoms with Gasteiger partial charge in [-0.3, -0.25) is 4.79 Å². The number of nitrogens with zero attached hydrogens (tertiary/aromatic N) is 1. The van der Waals surface area contributed by atoms with Crippen LogP contribution < -0.4 is 15.5 Å². The Hall–Kier alpha value is -3.81. The molecule has 0 spiro atoms. The van der Waals surface area contributed by atoms with Crippen LogP contribution in [0.25, 0.3) is 0 Å². The van der Waals surface area contributed by atoms with Gasteiger partial charge in [-0.15, -0.1) is 0 Å². The summed E-state index contributed by atoms with van der Waals surface area (Å²) in [5, 5.41) is 8.80. The van der Waals surface area contributed by atoms with Crippen LogP contribution in [0.15, 0.2) is 77.9 Å². The number of ether oxygens (including phenoxy) is 2. The number of nitrogens with one attached hydrogen (secondary N) is 2. The van der Waals surface area contributed by atoms with Gasteiger partial charge >= 0.3 is 5.97 Å². The number of anilines is 1. The maximum Gasteiger partial charge on any atom is 0.337 e. The molecule has 1 aliphatic heterocycles. The van der Waals surface area contributed by atoms with E-state index in [0.717, 1.165) is 23.2 Å². The van der Waals surface area contributed by atoms with Crippen LogP contribution in [0.3, 0.4) is 0 Å². The van der Waals surface area contributed by atoms with Gasteiger partial charge in [-0.2, -0.15) is 5.10 Å². The van der Waals surface area contributed by atoms with Gasteiger partial charge in [-0.25, -0.2) is 10.2 Å². The first-order valence-electron chi connectivity index (χ1n) is 12.5. The Morgan fingerprint density at radius 1 is 1.05 bits per heavy atom. The molecule has 3 aromatic rings. The Kier molecular flexibility index (Phi) is 7.91. The van der Waals surface area contributed by atoms with Gasteiger partial charge in [0.05, 0.1) is 29.4 Å². The van der Waals surface area contributed by atoms with E-state index < -0.39 is 5.91 Å². The lowest BCUT2D eigenvalue weighted by molar-refractivity contribution is -0.123. The summed E-state index contributed by atoms with van der Waals surface area (Å²) in [6.07, 6.45) is 5.44. The molecule has 0 saturated heterocycles. The summed E-state index contributed by atoms with van der Waals surface area (Å²) in [4.78, 5) is 24.1. The van der Waals surface area contributed by atoms with Gasteiger partial charge < -0.3 is 14.8 Å². The number of halogens is 2. The van der Waals surface area contributed by atoms with Crippen molar-refractivity contribution in [3.8, 4) is 5.75 Å². The summed E-state index contributed by atoms with van der Waals surface area (Å²) in [5.41, 5.74) is 8.04. The second-order valence-corrected chi connectivity index (χ2v) is 10.3. The molecule has 0 saturated carbocycles. The number of fused-ring (bicyclic) bond motifs is 3. The van der Waals surface area contributed by atoms with Gasteiger partial charge in [0.15, 0.2) is 6.61 Å². The van der Waals surface area contributed by atoms with Gasteiger partial charge in [-0.1, -0.05) is 53.6 Å². The SMILES string of the molecule is COC(=O)c1ccc([C@@H]2Nc3ccc(/C(C)=N\NC(=O)COc4ccc(Cl)cc4Cl)cc3[C@@H]3C=CC[C@@H]32)cc1. The summed E-state index contributed by atoms with van der Waals surface area (Å²) < 4.78 is 10.3. The number of esters is 1. The van der Waals surface area contributed by atoms with E-state index in [4.69, 9.17) is 32.7 Å². The number of amides is 1. The van der Waals surface area contributed by atoms with Crippen LogP contribution in [0.2, 0.25) is 10.0 Å². The van der Waals surface area contributed by atoms with Crippen molar-refractivity contribution in [2.75, 3.05) is 19.0 Å². The fraction of sp³-hybridized carbons (Fsp3) is 0.233. The second kappa shape index (κ2) is 11.5. The van der Waals surface area contributed by atoms with Crippen LogP contribution >= 0.6 is 23.2 Å². The van der Waals surface area contributed by atoms with Crippen molar-refractivity contribution in [2.24, 2.45) is 11.0 Å². The minimum absolute atomic E-state index is 0.109. The number of hydrogen-bond donors (Lipinski definition) is 2. The predicted molar refractivity (Wildman–Crippen MR) is 153 cm³/mol. The largest absolute Gasteiger partial charge is 0.482 e. The van der Waals surface area contributed by atoms with Crippen LogP contribution in [0, 0.1) is 5.92 Å². The molecular formula is C30H27Cl2N3O4. The Balaban J connectivity index is 1.28. The van der Waals surface area contributed by atoms with Gasteiger partial charge in [0.1, 0.15) is 5.75 Å². The van der Waals surface area contributed by atoms with Crippen LogP contribution in [0.5, 0.6) is 5.75 Å². The van der Waals surface area contributed by atoms with Crippen LogP contribution in [0.4, 0.5) is 5.69 Å². The van der Waals surface area contributed by atoms with E-state index in [1.54, 1.807) is 18.2 Å². The smallest absolute Gasteiger partial charge is 0.337 e. The minimum atomic E-state index is -0.403. The van der Waals surface area contributed by atoms with Gasteiger partial charge in [0.25, 0.3) is 5.91 Å². The van der Waals surface area contributed by atoms with E-state index in [1.165, 1.54) is 12.7 Å². The van der Waals surface area contributed by atoms with Gasteiger partial charge in [-0.05, 0) is 78.4 Å². The van der Waals surface area contributed by atoms with Crippen molar-refractivity contribution in [3.63, 3.8) is 0 Å². The second-order valence-electron chi connectivity index (χ2n) is 9.49. The molecule has 7 nitrogen and oxygen atoms in total. The highest BCUT2D eigenvalue weighted by atomic mass is 35.5. The first-order chi connectivity index (χ1) is 18.8. The van der Waals surface area contributed by atoms with Crippen LogP contribution in [-0.4, -0.2) is 31.3 Å². The average molecular weight is 564 g/mol. The number of hydrazone groups is 1. The lowest BCUT2D eigenvalue weighted by atomic mass is 9.76. The van der Waals surface area contributed by atoms with Crippen molar-refractivity contribution < 1.29 is 19.1 Å². The lowest BCUT2D eigenvalue weighted by Gasteiger charge is -2.37. The van der Waals surface area contributed by atoms with Gasteiger partial charge in [0, 0.05) is 16.6 Å². The van der Waals surface area contributed by atoms with E-state index in [1.807, 2.05) is 37.3 Å². The zero-order valence-corrected chi connectivity index (χ0v) is 22.9. The topological polar surface area (TPSA) is 89.0 Å². The minimum Gasteiger partial charge on any atom is -0.482 e. The molecule has 3 aromatic carbocycles. The van der Waals surface area contributed by atoms with Crippen molar-refractivity contribution in [1.29, 1.82) is 0 Å². The van der Waals surface area contributed by atoms with E-state index in [-0.39, 0.29) is 24.5 Å². The molecule has 200 valence electrons. The lowest BCUT2D eigenvalue weighted by Crippen LogP contribution is -2.29. The Morgan fingerprint density at radius 2 is 1.82 bits per heavy atom. The summed E-state index contributed by atoms with van der Waals surface area (Å²) in [7, 11) is 1.38. The highest BCUT2D eigenvalue weighted by molar-refractivity contribution is 6.35. The molecule has 39 heavy (non-hydrogen) atoms. The molecule has 1 amide bonds. The molecule has 2 aliphatic rings. The Bertz CT molecular complexity index is 1470. The monoisotopic (exact) mass is 563 g/mol. The highest BCUT2D eigenvalue weighted by Crippen LogP contribution is 2.50. The molecular weight excluding hydrogens is 537 g/mol. The number of allylic oxidation sites excluding steroid dienone is 2. The highest BCUT2D eigenvalue weighted by Gasteiger charge is 2.38. The van der Waals surface area contributed by atoms with E-state index >= 15 is 0 Å². The number of hydrogen-bond acceptors (Lipinski definition) is 6. The molecule has 1 heterocycles. The predicted octanol–water partition coefficient (Wildman–Crippen LogP) is 6.53. The fourth-order valence-corrected chi connectivity index (χ4v) is 5.54. The average Bonchev–Trinajstić information content (AvgIpc) is 3.45. The number of carbonyl (C=O) groups excluding carboxylic acids is 2. The quantitative estimate of drug-likeness (QED) is 0.148. The van der Waals surface area contributed by atoms with Crippen molar-refractivity contribution in [3.05, 3.63) is 105 Å². The fourth-order valence-electron chi connectivity index (χ4n) is 5.07. The molecule has 0 bridgehead atoms. The maximum atomic E-state index is 12.3. The molecule has 1 aliphatic carbocycles. The van der Waals surface area contributed by atoms with E-state index in [0.29, 0.717) is 33.0 Å². The molecule has 0 radical (unpaired) electrons. The summed E-state index contributed by atoms with van der Waals surface area (Å²) in [6, 6.07) is 18.7. The van der Waals surface area contributed by atoms with Crippen LogP contribution in [-0.2, 0) is 9.53 Å². The molecule has 0 aromatic heterocycles. The van der Waals surface area contributed by atoms with E-state index in [9.17, 15) is 9.59 Å². The third-order valence-corrected chi connectivity index (χ3v) is 7.60. The number of rotatable bonds is 7.